The van der Waals surface area contributed by atoms with Crippen molar-refractivity contribution < 1.29 is 13.9 Å². The summed E-state index contributed by atoms with van der Waals surface area (Å²) in [4.78, 5) is 29.8. The fraction of sp³-hybridized carbons (Fsp3) is 0.0870. The van der Waals surface area contributed by atoms with Crippen LogP contribution < -0.4 is 15.6 Å². The summed E-state index contributed by atoms with van der Waals surface area (Å²) in [5.74, 6) is -0.0843. The Morgan fingerprint density at radius 3 is 2.63 bits per heavy atom. The molecule has 0 aliphatic rings. The molecule has 0 saturated carbocycles. The molecular weight excluding hydrogens is 385 g/mol. The van der Waals surface area contributed by atoms with Crippen molar-refractivity contribution in [2.24, 2.45) is 0 Å². The first-order chi connectivity index (χ1) is 14.6. The Hall–Kier alpha value is -4.00. The zero-order valence-electron chi connectivity index (χ0n) is 16.1. The van der Waals surface area contributed by atoms with Crippen LogP contribution in [0.25, 0.3) is 16.6 Å². The molecule has 0 unspecified atom stereocenters. The van der Waals surface area contributed by atoms with Gasteiger partial charge in [0.25, 0.3) is 11.5 Å². The summed E-state index contributed by atoms with van der Waals surface area (Å²) in [7, 11) is 1.54. The number of aromatic nitrogens is 2. The molecule has 0 atom stereocenters. The standard InChI is InChI=1S/C23H18FN3O3/c1-30-21-5-3-2-4-20(21)27-14-26-19-12-16(8-11-18(19)23(27)29)22(28)25-13-15-6-9-17(24)10-7-15/h2-12,14H,13H2,1H3,(H,25,28). The van der Waals surface area contributed by atoms with E-state index >= 15 is 0 Å². The van der Waals surface area contributed by atoms with E-state index in [1.54, 1.807) is 42.5 Å². The molecule has 1 N–H and O–H groups in total. The molecule has 1 aromatic heterocycles. The van der Waals surface area contributed by atoms with Crippen LogP contribution in [0.3, 0.4) is 0 Å². The second-order valence-electron chi connectivity index (χ2n) is 6.63. The van der Waals surface area contributed by atoms with Crippen molar-refractivity contribution in [3.8, 4) is 11.4 Å². The van der Waals surface area contributed by atoms with Gasteiger partial charge in [-0.1, -0.05) is 24.3 Å². The largest absolute Gasteiger partial charge is 0.495 e. The lowest BCUT2D eigenvalue weighted by Crippen LogP contribution is -2.23. The van der Waals surface area contributed by atoms with Crippen molar-refractivity contribution in [3.05, 3.63) is 100 Å². The van der Waals surface area contributed by atoms with E-state index in [-0.39, 0.29) is 23.8 Å². The van der Waals surface area contributed by atoms with Gasteiger partial charge in [0.05, 0.1) is 23.7 Å². The number of carbonyl (C=O) groups is 1. The summed E-state index contributed by atoms with van der Waals surface area (Å²) >= 11 is 0. The van der Waals surface area contributed by atoms with Gasteiger partial charge in [0.15, 0.2) is 0 Å². The lowest BCUT2D eigenvalue weighted by atomic mass is 10.1. The minimum atomic E-state index is -0.329. The molecule has 0 spiro atoms. The van der Waals surface area contributed by atoms with Crippen LogP contribution >= 0.6 is 0 Å². The summed E-state index contributed by atoms with van der Waals surface area (Å²) in [6.07, 6.45) is 1.42. The maximum atomic E-state index is 13.0. The quantitative estimate of drug-likeness (QED) is 0.554. The number of amides is 1. The lowest BCUT2D eigenvalue weighted by molar-refractivity contribution is 0.0951. The first kappa shape index (κ1) is 19.3. The Labute approximate surface area is 171 Å². The first-order valence-corrected chi connectivity index (χ1v) is 9.24. The second-order valence-corrected chi connectivity index (χ2v) is 6.63. The Kier molecular flexibility index (Phi) is 5.26. The molecule has 0 saturated heterocycles. The Balaban J connectivity index is 1.61. The molecule has 7 heteroatoms. The number of carbonyl (C=O) groups excluding carboxylic acids is 1. The van der Waals surface area contributed by atoms with E-state index in [2.05, 4.69) is 10.3 Å². The van der Waals surface area contributed by atoms with Gasteiger partial charge in [-0.15, -0.1) is 0 Å². The number of halogens is 1. The predicted molar refractivity (Wildman–Crippen MR) is 111 cm³/mol. The summed E-state index contributed by atoms with van der Waals surface area (Å²) < 4.78 is 19.7. The molecule has 30 heavy (non-hydrogen) atoms. The van der Waals surface area contributed by atoms with Crippen molar-refractivity contribution in [2.45, 2.75) is 6.54 Å². The molecule has 0 fully saturated rings. The average Bonchev–Trinajstić information content (AvgIpc) is 2.78. The number of methoxy groups -OCH3 is 1. The number of nitrogens with zero attached hydrogens (tertiary/aromatic N) is 2. The van der Waals surface area contributed by atoms with E-state index in [9.17, 15) is 14.0 Å². The molecule has 4 rings (SSSR count). The minimum Gasteiger partial charge on any atom is -0.495 e. The van der Waals surface area contributed by atoms with E-state index in [4.69, 9.17) is 4.74 Å². The number of benzene rings is 3. The summed E-state index contributed by atoms with van der Waals surface area (Å²) in [5, 5.41) is 3.16. The van der Waals surface area contributed by atoms with E-state index in [0.717, 1.165) is 5.56 Å². The fourth-order valence-corrected chi connectivity index (χ4v) is 3.15. The van der Waals surface area contributed by atoms with Gasteiger partial charge in [-0.25, -0.2) is 9.37 Å². The third kappa shape index (κ3) is 3.77. The SMILES string of the molecule is COc1ccccc1-n1cnc2cc(C(=O)NCc3ccc(F)cc3)ccc2c1=O. The molecule has 0 radical (unpaired) electrons. The molecule has 4 aromatic rings. The van der Waals surface area contributed by atoms with Crippen LogP contribution in [-0.4, -0.2) is 22.6 Å². The van der Waals surface area contributed by atoms with Gasteiger partial charge >= 0.3 is 0 Å². The van der Waals surface area contributed by atoms with Crippen LogP contribution in [-0.2, 0) is 6.54 Å². The number of nitrogens with one attached hydrogen (secondary N) is 1. The van der Waals surface area contributed by atoms with Crippen LogP contribution in [0.4, 0.5) is 4.39 Å². The first-order valence-electron chi connectivity index (χ1n) is 9.24. The third-order valence-electron chi connectivity index (χ3n) is 4.73. The molecule has 1 amide bonds. The van der Waals surface area contributed by atoms with Gasteiger partial charge in [-0.3, -0.25) is 14.2 Å². The van der Waals surface area contributed by atoms with Crippen LogP contribution in [0.2, 0.25) is 0 Å². The van der Waals surface area contributed by atoms with Crippen LogP contribution in [0.5, 0.6) is 5.75 Å². The number of para-hydroxylation sites is 2. The van der Waals surface area contributed by atoms with E-state index in [1.165, 1.54) is 30.1 Å². The molecule has 150 valence electrons. The summed E-state index contributed by atoms with van der Waals surface area (Å²) in [6.45, 7) is 0.264. The Bertz CT molecular complexity index is 1280. The second kappa shape index (κ2) is 8.16. The van der Waals surface area contributed by atoms with Gasteiger partial charge in [0, 0.05) is 12.1 Å². The number of ether oxygens (including phenoxy) is 1. The van der Waals surface area contributed by atoms with Gasteiger partial charge in [0.1, 0.15) is 17.9 Å². The lowest BCUT2D eigenvalue weighted by Gasteiger charge is -2.11. The van der Waals surface area contributed by atoms with Crippen LogP contribution in [0.15, 0.2) is 77.9 Å². The van der Waals surface area contributed by atoms with Crippen molar-refractivity contribution in [1.29, 1.82) is 0 Å². The number of hydrogen-bond acceptors (Lipinski definition) is 4. The molecule has 6 nitrogen and oxygen atoms in total. The summed E-state index contributed by atoms with van der Waals surface area (Å²) in [6, 6.07) is 17.8. The zero-order chi connectivity index (χ0) is 21.1. The maximum Gasteiger partial charge on any atom is 0.265 e. The van der Waals surface area contributed by atoms with Crippen LogP contribution in [0, 0.1) is 5.82 Å². The van der Waals surface area contributed by atoms with E-state index in [0.29, 0.717) is 27.9 Å². The van der Waals surface area contributed by atoms with Gasteiger partial charge in [-0.2, -0.15) is 0 Å². The average molecular weight is 403 g/mol. The van der Waals surface area contributed by atoms with Gasteiger partial charge in [-0.05, 0) is 48.0 Å². The topological polar surface area (TPSA) is 73.2 Å². The van der Waals surface area contributed by atoms with Crippen molar-refractivity contribution in [2.75, 3.05) is 7.11 Å². The highest BCUT2D eigenvalue weighted by Gasteiger charge is 2.12. The highest BCUT2D eigenvalue weighted by atomic mass is 19.1. The highest BCUT2D eigenvalue weighted by molar-refractivity contribution is 5.97. The molecule has 3 aromatic carbocycles. The number of hydrogen-bond donors (Lipinski definition) is 1. The summed E-state index contributed by atoms with van der Waals surface area (Å²) in [5.41, 5.74) is 1.90. The molecular formula is C23H18FN3O3. The molecule has 1 heterocycles. The van der Waals surface area contributed by atoms with E-state index < -0.39 is 0 Å². The van der Waals surface area contributed by atoms with Gasteiger partial charge in [0.2, 0.25) is 0 Å². The van der Waals surface area contributed by atoms with Crippen LogP contribution in [0.1, 0.15) is 15.9 Å². The zero-order valence-corrected chi connectivity index (χ0v) is 16.1. The minimum absolute atomic E-state index is 0.261. The predicted octanol–water partition coefficient (Wildman–Crippen LogP) is 3.46. The number of fused-ring (bicyclic) bond motifs is 1. The van der Waals surface area contributed by atoms with E-state index in [1.807, 2.05) is 12.1 Å². The fourth-order valence-electron chi connectivity index (χ4n) is 3.15. The van der Waals surface area contributed by atoms with Crippen molar-refractivity contribution >= 4 is 16.8 Å². The van der Waals surface area contributed by atoms with Crippen molar-refractivity contribution in [1.82, 2.24) is 14.9 Å². The Morgan fingerprint density at radius 2 is 1.87 bits per heavy atom. The van der Waals surface area contributed by atoms with Crippen molar-refractivity contribution in [3.63, 3.8) is 0 Å². The number of rotatable bonds is 5. The molecule has 0 aliphatic heterocycles. The Morgan fingerprint density at radius 1 is 1.10 bits per heavy atom. The molecule has 0 aliphatic carbocycles. The van der Waals surface area contributed by atoms with Gasteiger partial charge < -0.3 is 10.1 Å². The third-order valence-corrected chi connectivity index (χ3v) is 4.73. The monoisotopic (exact) mass is 403 g/mol. The maximum absolute atomic E-state index is 13.0. The normalized spacial score (nSPS) is 10.7. The smallest absolute Gasteiger partial charge is 0.265 e. The molecule has 0 bridgehead atoms. The highest BCUT2D eigenvalue weighted by Crippen LogP contribution is 2.21.